The maximum Gasteiger partial charge on any atom is 0.306 e. The van der Waals surface area contributed by atoms with Crippen LogP contribution >= 0.6 is 15.9 Å². The van der Waals surface area contributed by atoms with E-state index in [0.29, 0.717) is 11.9 Å². The number of ether oxygens (including phenoxy) is 1. The molecule has 0 saturated carbocycles. The van der Waals surface area contributed by atoms with Crippen LogP contribution in [-0.2, 0) is 9.53 Å². The lowest BCUT2D eigenvalue weighted by Gasteiger charge is -2.02. The average Bonchev–Trinajstić information content (AvgIpc) is 2.36. The zero-order valence-corrected chi connectivity index (χ0v) is 13.5. The topological polar surface area (TPSA) is 26.3 Å². The smallest absolute Gasteiger partial charge is 0.306 e. The molecule has 18 heavy (non-hydrogen) atoms. The molecule has 0 aliphatic carbocycles. The standard InChI is InChI=1S/C15H29BrO2/c1-2-3-4-5-6-7-8-9-10-11-12-13-15(17)18-14-16/h2-14H2,1H3. The summed E-state index contributed by atoms with van der Waals surface area (Å²) in [6, 6.07) is 0. The van der Waals surface area contributed by atoms with E-state index in [4.69, 9.17) is 4.74 Å². The predicted octanol–water partition coefficient (Wildman–Crippen LogP) is 5.58. The van der Waals surface area contributed by atoms with Gasteiger partial charge in [0.1, 0.15) is 5.52 Å². The first-order chi connectivity index (χ1) is 8.81. The predicted molar refractivity (Wildman–Crippen MR) is 81.0 cm³/mol. The quantitative estimate of drug-likeness (QED) is 0.251. The van der Waals surface area contributed by atoms with Gasteiger partial charge in [-0.25, -0.2) is 0 Å². The van der Waals surface area contributed by atoms with Gasteiger partial charge in [0.25, 0.3) is 0 Å². The molecule has 0 amide bonds. The molecule has 2 nitrogen and oxygen atoms in total. The van der Waals surface area contributed by atoms with Crippen molar-refractivity contribution in [2.45, 2.75) is 84.0 Å². The summed E-state index contributed by atoms with van der Waals surface area (Å²) in [6.07, 6.45) is 15.0. The number of carbonyl (C=O) groups is 1. The summed E-state index contributed by atoms with van der Waals surface area (Å²) in [5.41, 5.74) is 0.323. The zero-order valence-electron chi connectivity index (χ0n) is 11.9. The van der Waals surface area contributed by atoms with Crippen molar-refractivity contribution in [1.82, 2.24) is 0 Å². The number of unbranched alkanes of at least 4 members (excludes halogenated alkanes) is 10. The van der Waals surface area contributed by atoms with Gasteiger partial charge in [-0.2, -0.15) is 0 Å². The largest absolute Gasteiger partial charge is 0.454 e. The number of esters is 1. The minimum absolute atomic E-state index is 0.0807. The molecule has 0 bridgehead atoms. The van der Waals surface area contributed by atoms with Crippen molar-refractivity contribution >= 4 is 21.9 Å². The molecule has 0 aliphatic rings. The van der Waals surface area contributed by atoms with Crippen LogP contribution in [0, 0.1) is 0 Å². The Morgan fingerprint density at radius 1 is 0.833 bits per heavy atom. The van der Waals surface area contributed by atoms with E-state index < -0.39 is 0 Å². The molecule has 0 aliphatic heterocycles. The molecular formula is C15H29BrO2. The van der Waals surface area contributed by atoms with E-state index in [-0.39, 0.29) is 5.97 Å². The Morgan fingerprint density at radius 3 is 1.72 bits per heavy atom. The van der Waals surface area contributed by atoms with E-state index in [0.717, 1.165) is 12.8 Å². The minimum atomic E-state index is -0.0807. The third-order valence-electron chi connectivity index (χ3n) is 3.20. The molecule has 0 aromatic rings. The van der Waals surface area contributed by atoms with Crippen molar-refractivity contribution in [3.63, 3.8) is 0 Å². The minimum Gasteiger partial charge on any atom is -0.454 e. The van der Waals surface area contributed by atoms with Gasteiger partial charge in [0.05, 0.1) is 0 Å². The lowest BCUT2D eigenvalue weighted by atomic mass is 10.1. The van der Waals surface area contributed by atoms with Gasteiger partial charge in [0.15, 0.2) is 0 Å². The molecule has 0 atom stereocenters. The molecule has 0 unspecified atom stereocenters. The average molecular weight is 321 g/mol. The number of hydrogen-bond donors (Lipinski definition) is 0. The number of alkyl halides is 1. The maximum atomic E-state index is 11.1. The Bertz CT molecular complexity index is 183. The van der Waals surface area contributed by atoms with Gasteiger partial charge in [-0.05, 0) is 22.4 Å². The second kappa shape index (κ2) is 15.0. The molecular weight excluding hydrogens is 292 g/mol. The number of hydrogen-bond acceptors (Lipinski definition) is 2. The molecule has 0 N–H and O–H groups in total. The Hall–Kier alpha value is -0.0500. The van der Waals surface area contributed by atoms with Crippen LogP contribution in [0.1, 0.15) is 84.0 Å². The lowest BCUT2D eigenvalue weighted by molar-refractivity contribution is -0.141. The van der Waals surface area contributed by atoms with E-state index >= 15 is 0 Å². The van der Waals surface area contributed by atoms with Gasteiger partial charge in [0.2, 0.25) is 0 Å². The zero-order chi connectivity index (χ0) is 13.5. The first-order valence-electron chi connectivity index (χ1n) is 7.52. The first kappa shape index (κ1) is 17.9. The molecule has 0 fully saturated rings. The summed E-state index contributed by atoms with van der Waals surface area (Å²) >= 11 is 3.08. The van der Waals surface area contributed by atoms with E-state index in [1.54, 1.807) is 0 Å². The lowest BCUT2D eigenvalue weighted by Crippen LogP contribution is -2.01. The van der Waals surface area contributed by atoms with Crippen molar-refractivity contribution in [2.75, 3.05) is 5.52 Å². The molecule has 0 rings (SSSR count). The number of carbonyl (C=O) groups excluding carboxylic acids is 1. The molecule has 0 aromatic carbocycles. The highest BCUT2D eigenvalue weighted by Crippen LogP contribution is 2.12. The normalized spacial score (nSPS) is 10.6. The van der Waals surface area contributed by atoms with Gasteiger partial charge >= 0.3 is 5.97 Å². The summed E-state index contributed by atoms with van der Waals surface area (Å²) in [4.78, 5) is 11.1. The molecule has 0 spiro atoms. The Balaban J connectivity index is 3.01. The molecule has 3 heteroatoms. The van der Waals surface area contributed by atoms with E-state index in [9.17, 15) is 4.79 Å². The van der Waals surface area contributed by atoms with Crippen LogP contribution < -0.4 is 0 Å². The summed E-state index contributed by atoms with van der Waals surface area (Å²) < 4.78 is 4.81. The Kier molecular flexibility index (Phi) is 15.0. The van der Waals surface area contributed by atoms with Crippen LogP contribution in [0.3, 0.4) is 0 Å². The summed E-state index contributed by atoms with van der Waals surface area (Å²) in [5, 5.41) is 0. The fourth-order valence-electron chi connectivity index (χ4n) is 2.07. The SMILES string of the molecule is CCCCCCCCCCCCCC(=O)OCBr. The van der Waals surface area contributed by atoms with Gasteiger partial charge in [-0.15, -0.1) is 0 Å². The Labute approximate surface area is 121 Å². The van der Waals surface area contributed by atoms with Gasteiger partial charge in [0, 0.05) is 6.42 Å². The molecule has 0 saturated heterocycles. The number of halogens is 1. The highest BCUT2D eigenvalue weighted by Gasteiger charge is 2.00. The fraction of sp³-hybridized carbons (Fsp3) is 0.933. The van der Waals surface area contributed by atoms with Crippen LogP contribution in [-0.4, -0.2) is 11.5 Å². The second-order valence-corrected chi connectivity index (χ2v) is 5.37. The van der Waals surface area contributed by atoms with Gasteiger partial charge < -0.3 is 4.74 Å². The molecule has 0 heterocycles. The van der Waals surface area contributed by atoms with E-state index in [2.05, 4.69) is 22.9 Å². The summed E-state index contributed by atoms with van der Waals surface area (Å²) in [6.45, 7) is 2.26. The second-order valence-electron chi connectivity index (χ2n) is 4.91. The third-order valence-corrected chi connectivity index (χ3v) is 3.43. The van der Waals surface area contributed by atoms with E-state index in [1.165, 1.54) is 57.8 Å². The van der Waals surface area contributed by atoms with Crippen molar-refractivity contribution in [1.29, 1.82) is 0 Å². The summed E-state index contributed by atoms with van der Waals surface area (Å²) in [5.74, 6) is -0.0807. The molecule has 108 valence electrons. The van der Waals surface area contributed by atoms with Crippen molar-refractivity contribution in [3.8, 4) is 0 Å². The third kappa shape index (κ3) is 14.0. The van der Waals surface area contributed by atoms with Gasteiger partial charge in [-0.3, -0.25) is 4.79 Å². The van der Waals surface area contributed by atoms with Crippen LogP contribution in [0.15, 0.2) is 0 Å². The highest BCUT2D eigenvalue weighted by atomic mass is 79.9. The van der Waals surface area contributed by atoms with Crippen molar-refractivity contribution in [2.24, 2.45) is 0 Å². The van der Waals surface area contributed by atoms with Crippen molar-refractivity contribution < 1.29 is 9.53 Å². The van der Waals surface area contributed by atoms with Crippen LogP contribution in [0.5, 0.6) is 0 Å². The molecule has 0 radical (unpaired) electrons. The van der Waals surface area contributed by atoms with Crippen LogP contribution in [0.4, 0.5) is 0 Å². The first-order valence-corrected chi connectivity index (χ1v) is 8.65. The van der Waals surface area contributed by atoms with Crippen LogP contribution in [0.2, 0.25) is 0 Å². The van der Waals surface area contributed by atoms with Crippen LogP contribution in [0.25, 0.3) is 0 Å². The number of rotatable bonds is 13. The maximum absolute atomic E-state index is 11.1. The van der Waals surface area contributed by atoms with E-state index in [1.807, 2.05) is 0 Å². The highest BCUT2D eigenvalue weighted by molar-refractivity contribution is 9.09. The molecule has 0 aromatic heterocycles. The fourth-order valence-corrected chi connectivity index (χ4v) is 2.32. The monoisotopic (exact) mass is 320 g/mol. The Morgan fingerprint density at radius 2 is 1.28 bits per heavy atom. The van der Waals surface area contributed by atoms with Gasteiger partial charge in [-0.1, -0.05) is 71.1 Å². The summed E-state index contributed by atoms with van der Waals surface area (Å²) in [7, 11) is 0. The van der Waals surface area contributed by atoms with Crippen molar-refractivity contribution in [3.05, 3.63) is 0 Å².